The molecule has 0 bridgehead atoms. The number of hydrogen-bond donors (Lipinski definition) is 4. The van der Waals surface area contributed by atoms with E-state index in [1.807, 2.05) is 6.92 Å². The van der Waals surface area contributed by atoms with E-state index in [4.69, 9.17) is 5.73 Å². The molecule has 0 amide bonds. The number of nitrogens with two attached hydrogens (primary N) is 1. The van der Waals surface area contributed by atoms with Crippen LogP contribution in [0.25, 0.3) is 22.6 Å². The summed E-state index contributed by atoms with van der Waals surface area (Å²) in [5.41, 5.74) is 7.34. The zero-order chi connectivity index (χ0) is 12.0. The number of H-pyrrole nitrogens is 3. The predicted octanol–water partition coefficient (Wildman–Crippen LogP) is -0.0731. The lowest BCUT2D eigenvalue weighted by atomic mass is 10.2. The van der Waals surface area contributed by atoms with Gasteiger partial charge in [-0.15, -0.1) is 0 Å². The third-order valence-corrected chi connectivity index (χ3v) is 2.46. The minimum absolute atomic E-state index is 0.0458. The smallest absolute Gasteiger partial charge is 0.278 e. The highest BCUT2D eigenvalue weighted by atomic mass is 16.1. The molecule has 86 valence electrons. The first kappa shape index (κ1) is 9.58. The number of imidazole rings is 1. The molecule has 0 aliphatic heterocycles. The number of hydrogen-bond acceptors (Lipinski definition) is 5. The first-order valence-corrected chi connectivity index (χ1v) is 4.91. The first-order valence-electron chi connectivity index (χ1n) is 4.91. The van der Waals surface area contributed by atoms with Crippen LogP contribution in [0.3, 0.4) is 0 Å². The van der Waals surface area contributed by atoms with Crippen molar-refractivity contribution in [2.45, 2.75) is 6.92 Å². The van der Waals surface area contributed by atoms with Crippen molar-refractivity contribution in [1.82, 2.24) is 30.1 Å². The van der Waals surface area contributed by atoms with E-state index in [0.29, 0.717) is 17.0 Å². The van der Waals surface area contributed by atoms with E-state index in [1.54, 1.807) is 6.20 Å². The molecule has 0 spiro atoms. The van der Waals surface area contributed by atoms with Crippen molar-refractivity contribution in [2.24, 2.45) is 0 Å². The summed E-state index contributed by atoms with van der Waals surface area (Å²) in [6.45, 7) is 1.86. The molecular weight excluding hydrogens is 222 g/mol. The van der Waals surface area contributed by atoms with E-state index >= 15 is 0 Å². The fourth-order valence-electron chi connectivity index (χ4n) is 1.64. The molecule has 0 fully saturated rings. The Morgan fingerprint density at radius 1 is 1.29 bits per heavy atom. The molecule has 17 heavy (non-hydrogen) atoms. The van der Waals surface area contributed by atoms with Crippen LogP contribution in [0, 0.1) is 6.92 Å². The van der Waals surface area contributed by atoms with Gasteiger partial charge in [-0.25, -0.2) is 4.98 Å². The maximum atomic E-state index is 11.6. The Labute approximate surface area is 94.3 Å². The molecule has 0 saturated heterocycles. The molecule has 3 heterocycles. The Hall–Kier alpha value is -2.64. The first-order chi connectivity index (χ1) is 8.15. The predicted molar refractivity (Wildman–Crippen MR) is 61.2 cm³/mol. The second kappa shape index (κ2) is 3.17. The summed E-state index contributed by atoms with van der Waals surface area (Å²) in [5.74, 6) is 0.583. The standard InChI is InChI=1S/C9H9N7O/c1-3-4(2-11-16-3)6-12-5-7(13-6)14-9(10)15-8(5)17/h2H,1H3,(H,11,16)(H4,10,12,13,14,15,17). The zero-order valence-electron chi connectivity index (χ0n) is 8.90. The lowest BCUT2D eigenvalue weighted by Crippen LogP contribution is -2.10. The highest BCUT2D eigenvalue weighted by Gasteiger charge is 2.12. The van der Waals surface area contributed by atoms with Crippen molar-refractivity contribution < 1.29 is 0 Å². The van der Waals surface area contributed by atoms with Crippen molar-refractivity contribution in [2.75, 3.05) is 5.73 Å². The average Bonchev–Trinajstić information content (AvgIpc) is 2.83. The third-order valence-electron chi connectivity index (χ3n) is 2.46. The summed E-state index contributed by atoms with van der Waals surface area (Å²) in [4.78, 5) is 25.1. The fraction of sp³-hybridized carbons (Fsp3) is 0.111. The second-order valence-corrected chi connectivity index (χ2v) is 3.64. The van der Waals surface area contributed by atoms with Crippen LogP contribution >= 0.6 is 0 Å². The summed E-state index contributed by atoms with van der Waals surface area (Å²) in [6.07, 6.45) is 1.63. The number of fused-ring (bicyclic) bond motifs is 1. The van der Waals surface area contributed by atoms with Gasteiger partial charge in [-0.1, -0.05) is 0 Å². The van der Waals surface area contributed by atoms with E-state index in [9.17, 15) is 4.79 Å². The number of aromatic nitrogens is 6. The maximum absolute atomic E-state index is 11.6. The minimum atomic E-state index is -0.340. The maximum Gasteiger partial charge on any atom is 0.278 e. The number of nitrogens with one attached hydrogen (secondary N) is 3. The van der Waals surface area contributed by atoms with E-state index < -0.39 is 0 Å². The molecule has 0 unspecified atom stereocenters. The van der Waals surface area contributed by atoms with E-state index in [0.717, 1.165) is 11.3 Å². The van der Waals surface area contributed by atoms with Crippen LogP contribution in [0.5, 0.6) is 0 Å². The van der Waals surface area contributed by atoms with Gasteiger partial charge in [-0.2, -0.15) is 10.1 Å². The molecule has 0 aliphatic carbocycles. The van der Waals surface area contributed by atoms with Crippen LogP contribution in [-0.2, 0) is 0 Å². The highest BCUT2D eigenvalue weighted by Crippen LogP contribution is 2.19. The Kier molecular flexibility index (Phi) is 1.79. The molecule has 3 aromatic rings. The van der Waals surface area contributed by atoms with Gasteiger partial charge in [0, 0.05) is 5.69 Å². The van der Waals surface area contributed by atoms with Crippen molar-refractivity contribution in [3.05, 3.63) is 22.2 Å². The summed E-state index contributed by atoms with van der Waals surface area (Å²) < 4.78 is 0. The van der Waals surface area contributed by atoms with Gasteiger partial charge >= 0.3 is 0 Å². The Morgan fingerprint density at radius 3 is 2.82 bits per heavy atom. The topological polar surface area (TPSA) is 129 Å². The van der Waals surface area contributed by atoms with E-state index in [1.165, 1.54) is 0 Å². The number of aryl methyl sites for hydroxylation is 1. The normalized spacial score (nSPS) is 11.1. The van der Waals surface area contributed by atoms with Crippen LogP contribution in [0.15, 0.2) is 11.0 Å². The summed E-state index contributed by atoms with van der Waals surface area (Å²) in [7, 11) is 0. The summed E-state index contributed by atoms with van der Waals surface area (Å²) in [6, 6.07) is 0. The fourth-order valence-corrected chi connectivity index (χ4v) is 1.64. The van der Waals surface area contributed by atoms with E-state index in [-0.39, 0.29) is 11.5 Å². The number of nitrogens with zero attached hydrogens (tertiary/aromatic N) is 3. The molecule has 8 heteroatoms. The Bertz CT molecular complexity index is 750. The molecule has 0 atom stereocenters. The number of aromatic amines is 3. The number of nitrogen functional groups attached to an aromatic ring is 1. The molecule has 0 aliphatic rings. The molecular formula is C9H9N7O. The van der Waals surface area contributed by atoms with Crippen LogP contribution in [0.4, 0.5) is 5.95 Å². The van der Waals surface area contributed by atoms with Crippen molar-refractivity contribution in [1.29, 1.82) is 0 Å². The monoisotopic (exact) mass is 231 g/mol. The highest BCUT2D eigenvalue weighted by molar-refractivity contribution is 5.76. The second-order valence-electron chi connectivity index (χ2n) is 3.64. The van der Waals surface area contributed by atoms with Gasteiger partial charge in [-0.05, 0) is 6.92 Å². The Morgan fingerprint density at radius 2 is 2.12 bits per heavy atom. The SMILES string of the molecule is Cc1[nH]ncc1-c1nc2nc(N)[nH]c(=O)c2[nH]1. The number of rotatable bonds is 1. The van der Waals surface area contributed by atoms with Gasteiger partial charge in [0.1, 0.15) is 5.82 Å². The van der Waals surface area contributed by atoms with Gasteiger partial charge in [0.25, 0.3) is 5.56 Å². The molecule has 3 rings (SSSR count). The summed E-state index contributed by atoms with van der Waals surface area (Å²) >= 11 is 0. The third kappa shape index (κ3) is 1.38. The van der Waals surface area contributed by atoms with Gasteiger partial charge < -0.3 is 10.7 Å². The Balaban J connectivity index is 2.31. The molecule has 0 aromatic carbocycles. The average molecular weight is 231 g/mol. The van der Waals surface area contributed by atoms with Gasteiger partial charge in [0.15, 0.2) is 11.2 Å². The van der Waals surface area contributed by atoms with Crippen LogP contribution in [-0.4, -0.2) is 30.1 Å². The molecule has 0 saturated carbocycles. The van der Waals surface area contributed by atoms with Crippen LogP contribution < -0.4 is 11.3 Å². The molecule has 0 radical (unpaired) electrons. The molecule has 3 aromatic heterocycles. The lowest BCUT2D eigenvalue weighted by molar-refractivity contribution is 1.05. The van der Waals surface area contributed by atoms with Crippen LogP contribution in [0.1, 0.15) is 5.69 Å². The largest absolute Gasteiger partial charge is 0.369 e. The number of anilines is 1. The van der Waals surface area contributed by atoms with Crippen molar-refractivity contribution in [3.8, 4) is 11.4 Å². The van der Waals surface area contributed by atoms with Crippen molar-refractivity contribution >= 4 is 17.1 Å². The van der Waals surface area contributed by atoms with Crippen molar-refractivity contribution in [3.63, 3.8) is 0 Å². The molecule has 8 nitrogen and oxygen atoms in total. The van der Waals surface area contributed by atoms with Crippen LogP contribution in [0.2, 0.25) is 0 Å². The molecule has 5 N–H and O–H groups in total. The lowest BCUT2D eigenvalue weighted by Gasteiger charge is -1.90. The van der Waals surface area contributed by atoms with Gasteiger partial charge in [0.05, 0.1) is 11.8 Å². The van der Waals surface area contributed by atoms with Gasteiger partial charge in [-0.3, -0.25) is 14.9 Å². The minimum Gasteiger partial charge on any atom is -0.369 e. The summed E-state index contributed by atoms with van der Waals surface area (Å²) in [5, 5.41) is 6.69. The van der Waals surface area contributed by atoms with Gasteiger partial charge in [0.2, 0.25) is 5.95 Å². The zero-order valence-corrected chi connectivity index (χ0v) is 8.90. The quantitative estimate of drug-likeness (QED) is 0.465. The van der Waals surface area contributed by atoms with E-state index in [2.05, 4.69) is 30.1 Å².